The van der Waals surface area contributed by atoms with Gasteiger partial charge in [0.25, 0.3) is 5.91 Å². The van der Waals surface area contributed by atoms with Gasteiger partial charge in [0.05, 0.1) is 21.3 Å². The van der Waals surface area contributed by atoms with Crippen molar-refractivity contribution in [3.63, 3.8) is 0 Å². The molecule has 0 aliphatic heterocycles. The molecule has 30 heavy (non-hydrogen) atoms. The number of hydrogen-bond donors (Lipinski definition) is 2. The van der Waals surface area contributed by atoms with Crippen molar-refractivity contribution in [1.29, 1.82) is 0 Å². The second-order valence-electron chi connectivity index (χ2n) is 7.83. The van der Waals surface area contributed by atoms with E-state index in [1.807, 2.05) is 39.0 Å². The SMILES string of the molecule is CC(C)(C)c1c(C(=O)Nc2ccc(Cl)c(-c3ccccn3)c2)ccc(C(N)=O)c1Cl. The summed E-state index contributed by atoms with van der Waals surface area (Å²) < 4.78 is 0. The molecular formula is C23H21Cl2N3O2. The summed E-state index contributed by atoms with van der Waals surface area (Å²) in [5.74, 6) is -0.998. The molecule has 0 aliphatic rings. The van der Waals surface area contributed by atoms with Gasteiger partial charge in [-0.2, -0.15) is 0 Å². The highest BCUT2D eigenvalue weighted by Crippen LogP contribution is 2.36. The van der Waals surface area contributed by atoms with Gasteiger partial charge in [-0.15, -0.1) is 0 Å². The number of hydrogen-bond acceptors (Lipinski definition) is 3. The molecule has 0 aliphatic carbocycles. The molecule has 7 heteroatoms. The van der Waals surface area contributed by atoms with Gasteiger partial charge in [-0.1, -0.05) is 50.0 Å². The molecule has 1 aromatic heterocycles. The van der Waals surface area contributed by atoms with Crippen LogP contribution in [-0.2, 0) is 5.41 Å². The van der Waals surface area contributed by atoms with Crippen molar-refractivity contribution in [3.8, 4) is 11.3 Å². The number of nitrogens with zero attached hydrogens (tertiary/aromatic N) is 1. The quantitative estimate of drug-likeness (QED) is 0.543. The number of nitrogens with two attached hydrogens (primary N) is 1. The highest BCUT2D eigenvalue weighted by molar-refractivity contribution is 6.35. The van der Waals surface area contributed by atoms with Crippen LogP contribution in [0.15, 0.2) is 54.7 Å². The van der Waals surface area contributed by atoms with Crippen LogP contribution in [0.25, 0.3) is 11.3 Å². The van der Waals surface area contributed by atoms with E-state index in [1.165, 1.54) is 6.07 Å². The predicted octanol–water partition coefficient (Wildman–Crippen LogP) is 5.70. The van der Waals surface area contributed by atoms with E-state index in [2.05, 4.69) is 10.3 Å². The highest BCUT2D eigenvalue weighted by atomic mass is 35.5. The summed E-state index contributed by atoms with van der Waals surface area (Å²) >= 11 is 12.8. The Labute approximate surface area is 185 Å². The largest absolute Gasteiger partial charge is 0.366 e. The average Bonchev–Trinajstić information content (AvgIpc) is 2.68. The third kappa shape index (κ3) is 4.48. The number of primary amides is 1. The minimum Gasteiger partial charge on any atom is -0.366 e. The van der Waals surface area contributed by atoms with Crippen LogP contribution in [0.3, 0.4) is 0 Å². The fraction of sp³-hybridized carbons (Fsp3) is 0.174. The number of amides is 2. The molecule has 5 nitrogen and oxygen atoms in total. The standard InChI is InChI=1S/C23H21Cl2N3O2/c1-23(2,3)19-14(8-9-15(20(19)25)21(26)29)22(30)28-13-7-10-17(24)16(12-13)18-6-4-5-11-27-18/h4-12H,1-3H3,(H2,26,29)(H,28,30). The van der Waals surface area contributed by atoms with Gasteiger partial charge in [-0.3, -0.25) is 14.6 Å². The summed E-state index contributed by atoms with van der Waals surface area (Å²) in [5.41, 5.74) is 7.99. The molecule has 3 rings (SSSR count). The smallest absolute Gasteiger partial charge is 0.256 e. The maximum Gasteiger partial charge on any atom is 0.256 e. The van der Waals surface area contributed by atoms with Gasteiger partial charge in [0, 0.05) is 23.0 Å². The number of carbonyl (C=O) groups excluding carboxylic acids is 2. The van der Waals surface area contributed by atoms with Crippen molar-refractivity contribution >= 4 is 40.7 Å². The molecule has 2 amide bonds. The first-order valence-corrected chi connectivity index (χ1v) is 10.0. The van der Waals surface area contributed by atoms with Crippen LogP contribution in [0.4, 0.5) is 5.69 Å². The highest BCUT2D eigenvalue weighted by Gasteiger charge is 2.27. The van der Waals surface area contributed by atoms with Crippen molar-refractivity contribution in [2.75, 3.05) is 5.32 Å². The van der Waals surface area contributed by atoms with Gasteiger partial charge >= 0.3 is 0 Å². The fourth-order valence-electron chi connectivity index (χ4n) is 3.21. The van der Waals surface area contributed by atoms with Crippen LogP contribution in [-0.4, -0.2) is 16.8 Å². The Morgan fingerprint density at radius 3 is 2.30 bits per heavy atom. The summed E-state index contributed by atoms with van der Waals surface area (Å²) in [4.78, 5) is 29.1. The van der Waals surface area contributed by atoms with E-state index in [0.717, 1.165) is 0 Å². The molecule has 0 unspecified atom stereocenters. The van der Waals surface area contributed by atoms with E-state index in [0.29, 0.717) is 33.1 Å². The Balaban J connectivity index is 2.01. The first-order chi connectivity index (χ1) is 14.1. The van der Waals surface area contributed by atoms with Gasteiger partial charge in [-0.25, -0.2) is 0 Å². The van der Waals surface area contributed by atoms with Crippen LogP contribution in [0.5, 0.6) is 0 Å². The Kier molecular flexibility index (Phi) is 6.15. The Morgan fingerprint density at radius 1 is 1.00 bits per heavy atom. The number of pyridine rings is 1. The molecule has 2 aromatic carbocycles. The predicted molar refractivity (Wildman–Crippen MR) is 121 cm³/mol. The molecule has 0 spiro atoms. The Morgan fingerprint density at radius 2 is 1.70 bits per heavy atom. The first kappa shape index (κ1) is 21.8. The second kappa shape index (κ2) is 8.46. The Hall–Kier alpha value is -2.89. The van der Waals surface area contributed by atoms with Crippen molar-refractivity contribution in [2.24, 2.45) is 5.73 Å². The van der Waals surface area contributed by atoms with Crippen molar-refractivity contribution in [1.82, 2.24) is 4.98 Å². The number of benzene rings is 2. The number of halogens is 2. The lowest BCUT2D eigenvalue weighted by Gasteiger charge is -2.25. The lowest BCUT2D eigenvalue weighted by Crippen LogP contribution is -2.24. The van der Waals surface area contributed by atoms with Crippen LogP contribution in [0, 0.1) is 0 Å². The van der Waals surface area contributed by atoms with Crippen LogP contribution < -0.4 is 11.1 Å². The van der Waals surface area contributed by atoms with Crippen molar-refractivity contribution in [2.45, 2.75) is 26.2 Å². The zero-order valence-corrected chi connectivity index (χ0v) is 18.3. The Bertz CT molecular complexity index is 1120. The van der Waals surface area contributed by atoms with Crippen LogP contribution in [0.2, 0.25) is 10.0 Å². The van der Waals surface area contributed by atoms with E-state index in [9.17, 15) is 9.59 Å². The molecule has 3 aromatic rings. The van der Waals surface area contributed by atoms with Gasteiger partial charge < -0.3 is 11.1 Å². The zero-order valence-electron chi connectivity index (χ0n) is 16.8. The topological polar surface area (TPSA) is 85.1 Å². The van der Waals surface area contributed by atoms with Crippen molar-refractivity contribution in [3.05, 3.63) is 81.5 Å². The summed E-state index contributed by atoms with van der Waals surface area (Å²) in [6.45, 7) is 5.74. The third-order valence-electron chi connectivity index (χ3n) is 4.57. The third-order valence-corrected chi connectivity index (χ3v) is 5.29. The van der Waals surface area contributed by atoms with Crippen LogP contribution >= 0.6 is 23.2 Å². The molecule has 0 bridgehead atoms. The normalized spacial score (nSPS) is 11.2. The number of carbonyl (C=O) groups is 2. The molecule has 0 saturated heterocycles. The zero-order chi connectivity index (χ0) is 22.1. The summed E-state index contributed by atoms with van der Waals surface area (Å²) in [6, 6.07) is 13.7. The number of nitrogens with one attached hydrogen (secondary N) is 1. The first-order valence-electron chi connectivity index (χ1n) is 9.24. The molecule has 1 heterocycles. The maximum atomic E-state index is 13.1. The van der Waals surface area contributed by atoms with E-state index in [1.54, 1.807) is 30.5 Å². The van der Waals surface area contributed by atoms with Gasteiger partial charge in [-0.05, 0) is 53.4 Å². The van der Waals surface area contributed by atoms with Crippen molar-refractivity contribution < 1.29 is 9.59 Å². The number of anilines is 1. The molecule has 0 saturated carbocycles. The minimum absolute atomic E-state index is 0.182. The van der Waals surface area contributed by atoms with E-state index in [4.69, 9.17) is 28.9 Å². The van der Waals surface area contributed by atoms with Crippen LogP contribution in [0.1, 0.15) is 47.1 Å². The van der Waals surface area contributed by atoms with Gasteiger partial charge in [0.2, 0.25) is 5.91 Å². The van der Waals surface area contributed by atoms with E-state index >= 15 is 0 Å². The molecule has 0 radical (unpaired) electrons. The molecule has 3 N–H and O–H groups in total. The fourth-order valence-corrected chi connectivity index (χ4v) is 3.96. The maximum absolute atomic E-state index is 13.1. The molecular weight excluding hydrogens is 421 g/mol. The average molecular weight is 442 g/mol. The summed E-state index contributed by atoms with van der Waals surface area (Å²) in [7, 11) is 0. The summed E-state index contributed by atoms with van der Waals surface area (Å²) in [5, 5.41) is 3.60. The number of aromatic nitrogens is 1. The number of rotatable bonds is 4. The molecule has 0 atom stereocenters. The molecule has 154 valence electrons. The summed E-state index contributed by atoms with van der Waals surface area (Å²) in [6.07, 6.45) is 1.68. The lowest BCUT2D eigenvalue weighted by atomic mass is 9.82. The molecule has 0 fully saturated rings. The van der Waals surface area contributed by atoms with E-state index in [-0.39, 0.29) is 16.5 Å². The van der Waals surface area contributed by atoms with Gasteiger partial charge in [0.15, 0.2) is 0 Å². The lowest BCUT2D eigenvalue weighted by molar-refractivity contribution is 0.0994. The minimum atomic E-state index is -0.643. The van der Waals surface area contributed by atoms with Gasteiger partial charge in [0.1, 0.15) is 0 Å². The second-order valence-corrected chi connectivity index (χ2v) is 8.61. The monoisotopic (exact) mass is 441 g/mol. The van der Waals surface area contributed by atoms with E-state index < -0.39 is 11.3 Å².